The van der Waals surface area contributed by atoms with Crippen LogP contribution >= 0.6 is 23.2 Å². The van der Waals surface area contributed by atoms with Crippen LogP contribution in [-0.2, 0) is 0 Å². The molecular formula is C24H24Cl2FN5O2. The Morgan fingerprint density at radius 3 is 2.56 bits per heavy atom. The second-order valence-electron chi connectivity index (χ2n) is 8.18. The van der Waals surface area contributed by atoms with Crippen molar-refractivity contribution < 1.29 is 13.9 Å². The van der Waals surface area contributed by atoms with Gasteiger partial charge in [-0.15, -0.1) is 0 Å². The Kier molecular flexibility index (Phi) is 7.21. The number of halogens is 3. The molecule has 1 saturated heterocycles. The van der Waals surface area contributed by atoms with Crippen molar-refractivity contribution in [2.24, 2.45) is 0 Å². The summed E-state index contributed by atoms with van der Waals surface area (Å²) in [5, 5.41) is 0.169. The van der Waals surface area contributed by atoms with E-state index in [1.165, 1.54) is 12.1 Å². The normalized spacial score (nSPS) is 15.3. The number of aromatic nitrogens is 2. The molecular weight excluding hydrogens is 480 g/mol. The van der Waals surface area contributed by atoms with E-state index in [9.17, 15) is 9.18 Å². The predicted octanol–water partition coefficient (Wildman–Crippen LogP) is 4.70. The number of nitrogen functional groups attached to an aromatic ring is 1. The van der Waals surface area contributed by atoms with Gasteiger partial charge in [-0.05, 0) is 38.2 Å². The van der Waals surface area contributed by atoms with Crippen molar-refractivity contribution >= 4 is 34.9 Å². The fourth-order valence-electron chi connectivity index (χ4n) is 3.78. The van der Waals surface area contributed by atoms with Gasteiger partial charge in [0.1, 0.15) is 11.9 Å². The highest BCUT2D eigenvalue weighted by Crippen LogP contribution is 2.37. The number of likely N-dealkylation sites (N-methyl/N-ethyl adjacent to an activating group) is 1. The van der Waals surface area contributed by atoms with Gasteiger partial charge < -0.3 is 20.3 Å². The highest BCUT2D eigenvalue weighted by atomic mass is 35.5. The van der Waals surface area contributed by atoms with E-state index in [2.05, 4.69) is 14.9 Å². The van der Waals surface area contributed by atoms with E-state index in [4.69, 9.17) is 33.7 Å². The minimum Gasteiger partial charge on any atom is -0.482 e. The number of amides is 1. The molecule has 0 aliphatic carbocycles. The lowest BCUT2D eigenvalue weighted by Gasteiger charge is -2.32. The molecule has 34 heavy (non-hydrogen) atoms. The molecule has 2 aromatic heterocycles. The summed E-state index contributed by atoms with van der Waals surface area (Å²) in [6.07, 6.45) is 4.08. The van der Waals surface area contributed by atoms with Crippen LogP contribution in [0.15, 0.2) is 42.9 Å². The van der Waals surface area contributed by atoms with E-state index in [1.807, 2.05) is 11.9 Å². The molecule has 0 spiro atoms. The summed E-state index contributed by atoms with van der Waals surface area (Å²) in [7, 11) is 2.04. The van der Waals surface area contributed by atoms with Gasteiger partial charge in [0.15, 0.2) is 11.6 Å². The molecule has 1 unspecified atom stereocenters. The van der Waals surface area contributed by atoms with Crippen LogP contribution in [0.25, 0.3) is 11.1 Å². The minimum absolute atomic E-state index is 0.0636. The largest absolute Gasteiger partial charge is 0.482 e. The summed E-state index contributed by atoms with van der Waals surface area (Å²) in [6.45, 7) is 4.70. The number of anilines is 1. The van der Waals surface area contributed by atoms with Crippen LogP contribution in [0.2, 0.25) is 10.0 Å². The van der Waals surface area contributed by atoms with Crippen LogP contribution in [0.4, 0.5) is 10.2 Å². The van der Waals surface area contributed by atoms with Crippen molar-refractivity contribution in [3.63, 3.8) is 0 Å². The molecule has 3 aromatic rings. The molecule has 1 aromatic carbocycles. The second kappa shape index (κ2) is 10.1. The average molecular weight is 504 g/mol. The Balaban J connectivity index is 1.59. The highest BCUT2D eigenvalue weighted by molar-refractivity contribution is 6.36. The van der Waals surface area contributed by atoms with E-state index in [1.54, 1.807) is 37.6 Å². The summed E-state index contributed by atoms with van der Waals surface area (Å²) in [6, 6.07) is 6.08. The molecule has 7 nitrogen and oxygen atoms in total. The number of piperazine rings is 1. The maximum atomic E-state index is 14.0. The monoisotopic (exact) mass is 503 g/mol. The number of pyridine rings is 2. The van der Waals surface area contributed by atoms with Crippen molar-refractivity contribution in [2.45, 2.75) is 13.0 Å². The van der Waals surface area contributed by atoms with E-state index in [-0.39, 0.29) is 27.5 Å². The van der Waals surface area contributed by atoms with Crippen LogP contribution in [0.1, 0.15) is 28.9 Å². The molecule has 0 bridgehead atoms. The van der Waals surface area contributed by atoms with Gasteiger partial charge in [-0.3, -0.25) is 9.78 Å². The van der Waals surface area contributed by atoms with Crippen molar-refractivity contribution in [2.75, 3.05) is 39.0 Å². The summed E-state index contributed by atoms with van der Waals surface area (Å²) in [5.74, 6) is -0.232. The summed E-state index contributed by atoms with van der Waals surface area (Å²) < 4.78 is 19.9. The van der Waals surface area contributed by atoms with Gasteiger partial charge in [-0.2, -0.15) is 0 Å². The number of hydrogen-bond acceptors (Lipinski definition) is 6. The molecule has 0 radical (unpaired) electrons. The molecule has 3 heterocycles. The van der Waals surface area contributed by atoms with Gasteiger partial charge in [0, 0.05) is 66.5 Å². The first kappa shape index (κ1) is 24.2. The van der Waals surface area contributed by atoms with Gasteiger partial charge in [0.25, 0.3) is 5.91 Å². The predicted molar refractivity (Wildman–Crippen MR) is 131 cm³/mol. The van der Waals surface area contributed by atoms with E-state index >= 15 is 0 Å². The number of carbonyl (C=O) groups excluding carboxylic acids is 1. The third kappa shape index (κ3) is 5.09. The van der Waals surface area contributed by atoms with Gasteiger partial charge in [0.05, 0.1) is 10.6 Å². The maximum absolute atomic E-state index is 14.0. The lowest BCUT2D eigenvalue weighted by molar-refractivity contribution is 0.0663. The third-order valence-corrected chi connectivity index (χ3v) is 6.49. The second-order valence-corrected chi connectivity index (χ2v) is 8.97. The molecule has 4 rings (SSSR count). The topological polar surface area (TPSA) is 84.6 Å². The van der Waals surface area contributed by atoms with Gasteiger partial charge in [0.2, 0.25) is 0 Å². The molecule has 10 heteroatoms. The zero-order chi connectivity index (χ0) is 24.4. The smallest absolute Gasteiger partial charge is 0.255 e. The van der Waals surface area contributed by atoms with Gasteiger partial charge in [-0.25, -0.2) is 9.37 Å². The van der Waals surface area contributed by atoms with Crippen LogP contribution in [-0.4, -0.2) is 58.9 Å². The van der Waals surface area contributed by atoms with Crippen molar-refractivity contribution in [1.82, 2.24) is 19.8 Å². The molecule has 1 amide bonds. The van der Waals surface area contributed by atoms with Crippen molar-refractivity contribution in [1.29, 1.82) is 0 Å². The number of nitrogens with two attached hydrogens (primary N) is 1. The third-order valence-electron chi connectivity index (χ3n) is 5.78. The Labute approximate surface area is 207 Å². The Hall–Kier alpha value is -2.94. The quantitative estimate of drug-likeness (QED) is 0.508. The summed E-state index contributed by atoms with van der Waals surface area (Å²) >= 11 is 12.3. The van der Waals surface area contributed by atoms with Gasteiger partial charge in [-0.1, -0.05) is 23.2 Å². The number of hydrogen-bond donors (Lipinski definition) is 1. The zero-order valence-electron chi connectivity index (χ0n) is 18.8. The minimum atomic E-state index is -0.696. The fourth-order valence-corrected chi connectivity index (χ4v) is 4.46. The SMILES string of the molecule is CC(Oc1cc(-c2cncc(C(=O)N3CCN(C)CC3)c2)cnc1N)c1c(Cl)ccc(F)c1Cl. The van der Waals surface area contributed by atoms with E-state index in [0.29, 0.717) is 35.3 Å². The molecule has 1 fully saturated rings. The lowest BCUT2D eigenvalue weighted by Crippen LogP contribution is -2.47. The molecule has 1 aliphatic rings. The van der Waals surface area contributed by atoms with Gasteiger partial charge >= 0.3 is 0 Å². The molecule has 2 N–H and O–H groups in total. The van der Waals surface area contributed by atoms with Crippen molar-refractivity contribution in [3.05, 3.63) is 69.8 Å². The van der Waals surface area contributed by atoms with E-state index in [0.717, 1.165) is 13.1 Å². The number of carbonyl (C=O) groups is 1. The first-order valence-corrected chi connectivity index (χ1v) is 11.5. The van der Waals surface area contributed by atoms with Crippen LogP contribution in [0, 0.1) is 5.82 Å². The number of ether oxygens (including phenoxy) is 1. The van der Waals surface area contributed by atoms with Crippen LogP contribution in [0.3, 0.4) is 0 Å². The fraction of sp³-hybridized carbons (Fsp3) is 0.292. The molecule has 178 valence electrons. The summed E-state index contributed by atoms with van der Waals surface area (Å²) in [4.78, 5) is 25.4. The lowest BCUT2D eigenvalue weighted by atomic mass is 10.1. The number of nitrogens with zero attached hydrogens (tertiary/aromatic N) is 4. The maximum Gasteiger partial charge on any atom is 0.255 e. The highest BCUT2D eigenvalue weighted by Gasteiger charge is 2.22. The number of benzene rings is 1. The van der Waals surface area contributed by atoms with Crippen molar-refractivity contribution in [3.8, 4) is 16.9 Å². The Bertz CT molecular complexity index is 1220. The van der Waals surface area contributed by atoms with Crippen LogP contribution in [0.5, 0.6) is 5.75 Å². The molecule has 0 saturated carbocycles. The summed E-state index contributed by atoms with van der Waals surface area (Å²) in [5.41, 5.74) is 8.19. The Morgan fingerprint density at radius 1 is 1.12 bits per heavy atom. The van der Waals surface area contributed by atoms with Crippen LogP contribution < -0.4 is 10.5 Å². The van der Waals surface area contributed by atoms with E-state index < -0.39 is 11.9 Å². The Morgan fingerprint density at radius 2 is 1.82 bits per heavy atom. The first-order chi connectivity index (χ1) is 16.2. The zero-order valence-corrected chi connectivity index (χ0v) is 20.3. The molecule has 1 aliphatic heterocycles. The molecule has 1 atom stereocenters. The average Bonchev–Trinajstić information content (AvgIpc) is 2.83. The standard InChI is InChI=1S/C24H24Cl2FN5O2/c1-14(21-18(25)3-4-19(27)22(21)26)34-20-10-16(13-30-23(20)28)15-9-17(12-29-11-15)24(33)32-7-5-31(2)6-8-32/h3-4,9-14H,5-8H2,1-2H3,(H2,28,30). The number of rotatable bonds is 5. The first-order valence-electron chi connectivity index (χ1n) is 10.7.